The van der Waals surface area contributed by atoms with Gasteiger partial charge in [0.1, 0.15) is 6.04 Å². The van der Waals surface area contributed by atoms with Gasteiger partial charge in [0.05, 0.1) is 0 Å². The van der Waals surface area contributed by atoms with E-state index in [1.54, 1.807) is 0 Å². The third-order valence-electron chi connectivity index (χ3n) is 4.91. The minimum Gasteiger partial charge on any atom is -0.344 e. The fraction of sp³-hybridized carbons (Fsp3) is 0.867. The van der Waals surface area contributed by atoms with Crippen molar-refractivity contribution in [1.29, 1.82) is 0 Å². The number of carbonyl (C=O) groups is 2. The van der Waals surface area contributed by atoms with Crippen LogP contribution in [0.5, 0.6) is 0 Å². The Hall–Kier alpha value is -1.10. The highest BCUT2D eigenvalue weighted by molar-refractivity contribution is 5.90. The SMILES string of the molecule is CN1CCC(CN2CCC(=O)NC(C3CC3)C2=O)CC1. The Bertz CT molecular complexity index is 387. The van der Waals surface area contributed by atoms with Crippen molar-refractivity contribution in [3.63, 3.8) is 0 Å². The van der Waals surface area contributed by atoms with Crippen molar-refractivity contribution in [1.82, 2.24) is 15.1 Å². The molecule has 0 radical (unpaired) electrons. The molecule has 2 amide bonds. The molecule has 112 valence electrons. The van der Waals surface area contributed by atoms with E-state index in [1.165, 1.54) is 0 Å². The predicted octanol–water partition coefficient (Wildman–Crippen LogP) is 0.455. The van der Waals surface area contributed by atoms with Gasteiger partial charge in [-0.25, -0.2) is 0 Å². The highest BCUT2D eigenvalue weighted by atomic mass is 16.2. The van der Waals surface area contributed by atoms with E-state index in [2.05, 4.69) is 17.3 Å². The molecular weight excluding hydrogens is 254 g/mol. The van der Waals surface area contributed by atoms with Crippen LogP contribution >= 0.6 is 0 Å². The maximum absolute atomic E-state index is 12.6. The summed E-state index contributed by atoms with van der Waals surface area (Å²) < 4.78 is 0. The second kappa shape index (κ2) is 5.72. The molecule has 1 unspecified atom stereocenters. The molecule has 0 aromatic carbocycles. The van der Waals surface area contributed by atoms with Gasteiger partial charge in [-0.15, -0.1) is 0 Å². The second-order valence-corrected chi connectivity index (χ2v) is 6.66. The molecule has 2 saturated heterocycles. The van der Waals surface area contributed by atoms with Gasteiger partial charge < -0.3 is 15.1 Å². The molecule has 0 spiro atoms. The van der Waals surface area contributed by atoms with Crippen LogP contribution < -0.4 is 5.32 Å². The number of amides is 2. The summed E-state index contributed by atoms with van der Waals surface area (Å²) in [6.07, 6.45) is 4.95. The van der Waals surface area contributed by atoms with Crippen molar-refractivity contribution >= 4 is 11.8 Å². The number of nitrogens with zero attached hydrogens (tertiary/aromatic N) is 2. The van der Waals surface area contributed by atoms with Gasteiger partial charge in [0.15, 0.2) is 0 Å². The van der Waals surface area contributed by atoms with E-state index in [1.807, 2.05) is 4.90 Å². The van der Waals surface area contributed by atoms with Crippen LogP contribution in [0.3, 0.4) is 0 Å². The van der Waals surface area contributed by atoms with E-state index < -0.39 is 0 Å². The zero-order valence-electron chi connectivity index (χ0n) is 12.3. The average molecular weight is 279 g/mol. The summed E-state index contributed by atoms with van der Waals surface area (Å²) in [6.45, 7) is 3.68. The van der Waals surface area contributed by atoms with Crippen molar-refractivity contribution < 1.29 is 9.59 Å². The first-order valence-electron chi connectivity index (χ1n) is 7.90. The van der Waals surface area contributed by atoms with Crippen LogP contribution in [0, 0.1) is 11.8 Å². The number of hydrogen-bond acceptors (Lipinski definition) is 3. The molecule has 0 aromatic heterocycles. The Morgan fingerprint density at radius 2 is 1.80 bits per heavy atom. The van der Waals surface area contributed by atoms with Crippen molar-refractivity contribution in [2.24, 2.45) is 11.8 Å². The summed E-state index contributed by atoms with van der Waals surface area (Å²) in [7, 11) is 2.15. The van der Waals surface area contributed by atoms with Gasteiger partial charge in [-0.1, -0.05) is 0 Å². The van der Waals surface area contributed by atoms with Crippen molar-refractivity contribution in [3.05, 3.63) is 0 Å². The summed E-state index contributed by atoms with van der Waals surface area (Å²) in [4.78, 5) is 28.7. The molecule has 0 aromatic rings. The Balaban J connectivity index is 1.61. The summed E-state index contributed by atoms with van der Waals surface area (Å²) in [5, 5.41) is 2.93. The lowest BCUT2D eigenvalue weighted by Crippen LogP contribution is -2.48. The highest BCUT2D eigenvalue weighted by Gasteiger charge is 2.41. The smallest absolute Gasteiger partial charge is 0.245 e. The van der Waals surface area contributed by atoms with E-state index in [4.69, 9.17) is 0 Å². The van der Waals surface area contributed by atoms with Crippen LogP contribution in [0.15, 0.2) is 0 Å². The molecule has 1 atom stereocenters. The van der Waals surface area contributed by atoms with Crippen LogP contribution in [0.1, 0.15) is 32.1 Å². The van der Waals surface area contributed by atoms with Crippen molar-refractivity contribution in [2.45, 2.75) is 38.1 Å². The Morgan fingerprint density at radius 3 is 2.45 bits per heavy atom. The Morgan fingerprint density at radius 1 is 1.10 bits per heavy atom. The molecule has 0 bridgehead atoms. The molecule has 5 heteroatoms. The fourth-order valence-electron chi connectivity index (χ4n) is 3.34. The van der Waals surface area contributed by atoms with Gasteiger partial charge in [-0.3, -0.25) is 9.59 Å². The lowest BCUT2D eigenvalue weighted by molar-refractivity contribution is -0.134. The number of piperidine rings is 1. The maximum atomic E-state index is 12.6. The van der Waals surface area contributed by atoms with E-state index in [-0.39, 0.29) is 17.9 Å². The zero-order chi connectivity index (χ0) is 14.1. The van der Waals surface area contributed by atoms with Gasteiger partial charge in [-0.05, 0) is 57.7 Å². The monoisotopic (exact) mass is 279 g/mol. The van der Waals surface area contributed by atoms with E-state index in [0.717, 1.165) is 45.3 Å². The van der Waals surface area contributed by atoms with Gasteiger partial charge >= 0.3 is 0 Å². The van der Waals surface area contributed by atoms with Crippen LogP contribution in [-0.2, 0) is 9.59 Å². The predicted molar refractivity (Wildman–Crippen MR) is 76.1 cm³/mol. The van der Waals surface area contributed by atoms with E-state index >= 15 is 0 Å². The lowest BCUT2D eigenvalue weighted by atomic mass is 9.96. The summed E-state index contributed by atoms with van der Waals surface area (Å²) in [5.41, 5.74) is 0. The van der Waals surface area contributed by atoms with Crippen LogP contribution in [0.4, 0.5) is 0 Å². The second-order valence-electron chi connectivity index (χ2n) is 6.66. The minimum atomic E-state index is -0.240. The quantitative estimate of drug-likeness (QED) is 0.816. The number of hydrogen-bond donors (Lipinski definition) is 1. The molecule has 1 N–H and O–H groups in total. The Kier molecular flexibility index (Phi) is 3.96. The van der Waals surface area contributed by atoms with Gasteiger partial charge in [0.25, 0.3) is 0 Å². The fourth-order valence-corrected chi connectivity index (χ4v) is 3.34. The van der Waals surface area contributed by atoms with Crippen LogP contribution in [-0.4, -0.2) is 60.9 Å². The molecular formula is C15H25N3O2. The topological polar surface area (TPSA) is 52.6 Å². The Labute approximate surface area is 120 Å². The molecule has 3 rings (SSSR count). The first-order valence-corrected chi connectivity index (χ1v) is 7.90. The third-order valence-corrected chi connectivity index (χ3v) is 4.91. The van der Waals surface area contributed by atoms with Gasteiger partial charge in [-0.2, -0.15) is 0 Å². The number of nitrogens with one attached hydrogen (secondary N) is 1. The van der Waals surface area contributed by atoms with E-state index in [0.29, 0.717) is 24.8 Å². The molecule has 2 heterocycles. The van der Waals surface area contributed by atoms with Crippen LogP contribution in [0.25, 0.3) is 0 Å². The average Bonchev–Trinajstić information content (AvgIpc) is 3.26. The summed E-state index contributed by atoms with van der Waals surface area (Å²) >= 11 is 0. The molecule has 1 aliphatic carbocycles. The normalized spacial score (nSPS) is 30.2. The first kappa shape index (κ1) is 13.9. The standard InChI is InChI=1S/C15H25N3O2/c1-17-7-4-11(5-8-17)10-18-9-6-13(19)16-14(15(18)20)12-2-3-12/h11-12,14H,2-10H2,1H3,(H,16,19). The molecule has 3 aliphatic rings. The lowest BCUT2D eigenvalue weighted by Gasteiger charge is -2.33. The molecule has 2 aliphatic heterocycles. The highest BCUT2D eigenvalue weighted by Crippen LogP contribution is 2.34. The third kappa shape index (κ3) is 3.14. The van der Waals surface area contributed by atoms with Crippen molar-refractivity contribution in [2.75, 3.05) is 33.2 Å². The number of rotatable bonds is 3. The van der Waals surface area contributed by atoms with Crippen LogP contribution in [0.2, 0.25) is 0 Å². The maximum Gasteiger partial charge on any atom is 0.245 e. The minimum absolute atomic E-state index is 0.0427. The summed E-state index contributed by atoms with van der Waals surface area (Å²) in [5.74, 6) is 1.20. The zero-order valence-corrected chi connectivity index (χ0v) is 12.3. The molecule has 5 nitrogen and oxygen atoms in total. The van der Waals surface area contributed by atoms with Gasteiger partial charge in [0.2, 0.25) is 11.8 Å². The molecule has 20 heavy (non-hydrogen) atoms. The number of carbonyl (C=O) groups excluding carboxylic acids is 2. The van der Waals surface area contributed by atoms with Crippen molar-refractivity contribution in [3.8, 4) is 0 Å². The molecule has 3 fully saturated rings. The van der Waals surface area contributed by atoms with Gasteiger partial charge in [0, 0.05) is 19.5 Å². The summed E-state index contributed by atoms with van der Waals surface area (Å²) in [6, 6.07) is -0.240. The molecule has 1 saturated carbocycles. The van der Waals surface area contributed by atoms with E-state index in [9.17, 15) is 9.59 Å². The first-order chi connectivity index (χ1) is 9.63. The number of likely N-dealkylation sites (tertiary alicyclic amines) is 1. The largest absolute Gasteiger partial charge is 0.344 e.